The van der Waals surface area contributed by atoms with Crippen LogP contribution in [0.5, 0.6) is 0 Å². The van der Waals surface area contributed by atoms with Gasteiger partial charge in [-0.05, 0) is 60.7 Å². The first-order valence-electron chi connectivity index (χ1n) is 9.32. The fourth-order valence-electron chi connectivity index (χ4n) is 3.35. The second kappa shape index (κ2) is 8.13. The predicted octanol–water partition coefficient (Wildman–Crippen LogP) is 4.26. The van der Waals surface area contributed by atoms with E-state index in [2.05, 4.69) is 5.32 Å². The Morgan fingerprint density at radius 1 is 1.16 bits per heavy atom. The molecule has 2 aromatic carbocycles. The second-order valence-electron chi connectivity index (χ2n) is 7.04. The predicted molar refractivity (Wildman–Crippen MR) is 121 cm³/mol. The third-order valence-corrected chi connectivity index (χ3v) is 6.26. The molecule has 2 heterocycles. The van der Waals surface area contributed by atoms with Crippen LogP contribution in [-0.2, 0) is 11.3 Å². The van der Waals surface area contributed by atoms with Crippen molar-refractivity contribution >= 4 is 44.7 Å². The molecule has 0 aliphatic heterocycles. The van der Waals surface area contributed by atoms with Gasteiger partial charge in [0.05, 0.1) is 16.2 Å². The first-order valence-corrected chi connectivity index (χ1v) is 10.6. The molecule has 0 spiro atoms. The number of anilines is 1. The van der Waals surface area contributed by atoms with E-state index >= 15 is 0 Å². The number of amides is 1. The highest BCUT2D eigenvalue weighted by atomic mass is 35.5. The zero-order chi connectivity index (χ0) is 22.3. The molecule has 0 aliphatic carbocycles. The molecule has 0 aliphatic rings. The summed E-state index contributed by atoms with van der Waals surface area (Å²) in [4.78, 5) is 39.1. The van der Waals surface area contributed by atoms with Crippen molar-refractivity contribution in [2.45, 2.75) is 20.4 Å². The summed E-state index contributed by atoms with van der Waals surface area (Å²) >= 11 is 6.97. The molecule has 0 unspecified atom stereocenters. The molecule has 4 rings (SSSR count). The van der Waals surface area contributed by atoms with Crippen LogP contribution in [0.2, 0.25) is 5.02 Å². The maximum atomic E-state index is 13.4. The van der Waals surface area contributed by atoms with Crippen molar-refractivity contribution < 1.29 is 9.18 Å². The van der Waals surface area contributed by atoms with Gasteiger partial charge in [0.2, 0.25) is 5.91 Å². The molecular formula is C22H17ClFN3O3S. The standard InChI is InChI=1S/C22H17ClFN3O3S/c1-12-4-3-5-17(13(12)2)27-21(29)20-18(8-9-31-20)26(22(27)30)11-19(28)25-14-6-7-16(24)15(23)10-14/h3-10H,11H2,1-2H3,(H,25,28). The van der Waals surface area contributed by atoms with Crippen LogP contribution >= 0.6 is 22.9 Å². The average Bonchev–Trinajstić information content (AvgIpc) is 3.21. The molecule has 1 amide bonds. The van der Waals surface area contributed by atoms with Crippen molar-refractivity contribution in [3.05, 3.63) is 90.6 Å². The Labute approximate surface area is 185 Å². The zero-order valence-corrected chi connectivity index (χ0v) is 18.2. The summed E-state index contributed by atoms with van der Waals surface area (Å²) in [5.74, 6) is -1.11. The summed E-state index contributed by atoms with van der Waals surface area (Å²) in [6.45, 7) is 3.41. The quantitative estimate of drug-likeness (QED) is 0.497. The smallest absolute Gasteiger partial charge is 0.324 e. The lowest BCUT2D eigenvalue weighted by atomic mass is 10.1. The lowest BCUT2D eigenvalue weighted by molar-refractivity contribution is -0.116. The van der Waals surface area contributed by atoms with Gasteiger partial charge in [-0.15, -0.1) is 11.3 Å². The lowest BCUT2D eigenvalue weighted by Crippen LogP contribution is -2.40. The molecule has 1 N–H and O–H groups in total. The molecule has 4 aromatic rings. The van der Waals surface area contributed by atoms with Gasteiger partial charge in [-0.25, -0.2) is 13.8 Å². The van der Waals surface area contributed by atoms with Gasteiger partial charge in [0.15, 0.2) is 0 Å². The number of fused-ring (bicyclic) bond motifs is 1. The maximum absolute atomic E-state index is 13.4. The Morgan fingerprint density at radius 2 is 1.94 bits per heavy atom. The Hall–Kier alpha value is -3.23. The van der Waals surface area contributed by atoms with Crippen molar-refractivity contribution in [1.29, 1.82) is 0 Å². The summed E-state index contributed by atoms with van der Waals surface area (Å²) < 4.78 is 16.1. The van der Waals surface area contributed by atoms with Gasteiger partial charge in [0, 0.05) is 5.69 Å². The molecular weight excluding hydrogens is 441 g/mol. The topological polar surface area (TPSA) is 73.1 Å². The van der Waals surface area contributed by atoms with Gasteiger partial charge in [0.1, 0.15) is 17.1 Å². The second-order valence-corrected chi connectivity index (χ2v) is 8.36. The highest BCUT2D eigenvalue weighted by Crippen LogP contribution is 2.21. The minimum Gasteiger partial charge on any atom is -0.324 e. The fourth-order valence-corrected chi connectivity index (χ4v) is 4.35. The van der Waals surface area contributed by atoms with Crippen molar-refractivity contribution in [1.82, 2.24) is 9.13 Å². The monoisotopic (exact) mass is 457 g/mol. The number of hydrogen-bond acceptors (Lipinski definition) is 4. The summed E-state index contributed by atoms with van der Waals surface area (Å²) in [6.07, 6.45) is 0. The Bertz CT molecular complexity index is 1450. The zero-order valence-electron chi connectivity index (χ0n) is 16.6. The first-order chi connectivity index (χ1) is 14.8. The van der Waals surface area contributed by atoms with Gasteiger partial charge in [0.25, 0.3) is 5.56 Å². The lowest BCUT2D eigenvalue weighted by Gasteiger charge is -2.15. The largest absolute Gasteiger partial charge is 0.336 e. The normalized spacial score (nSPS) is 11.1. The fraction of sp³-hybridized carbons (Fsp3) is 0.136. The molecule has 158 valence electrons. The van der Waals surface area contributed by atoms with Crippen LogP contribution in [0.3, 0.4) is 0 Å². The maximum Gasteiger partial charge on any atom is 0.336 e. The summed E-state index contributed by atoms with van der Waals surface area (Å²) in [5.41, 5.74) is 1.86. The highest BCUT2D eigenvalue weighted by Gasteiger charge is 2.19. The molecule has 9 heteroatoms. The van der Waals surface area contributed by atoms with E-state index in [0.717, 1.165) is 21.8 Å². The molecule has 0 saturated heterocycles. The summed E-state index contributed by atoms with van der Waals surface area (Å²) in [5, 5.41) is 4.18. The number of halogens is 2. The SMILES string of the molecule is Cc1cccc(-n2c(=O)c3sccc3n(CC(=O)Nc3ccc(F)c(Cl)c3)c2=O)c1C. The molecule has 0 atom stereocenters. The van der Waals surface area contributed by atoms with Crippen LogP contribution in [0, 0.1) is 19.7 Å². The van der Waals surface area contributed by atoms with Crippen LogP contribution in [0.4, 0.5) is 10.1 Å². The van der Waals surface area contributed by atoms with Gasteiger partial charge >= 0.3 is 5.69 Å². The number of nitrogens with zero attached hydrogens (tertiary/aromatic N) is 2. The Balaban J connectivity index is 1.81. The number of thiophene rings is 1. The van der Waals surface area contributed by atoms with Crippen LogP contribution in [-0.4, -0.2) is 15.0 Å². The number of carbonyl (C=O) groups is 1. The van der Waals surface area contributed by atoms with E-state index in [1.807, 2.05) is 19.9 Å². The van der Waals surface area contributed by atoms with E-state index in [0.29, 0.717) is 21.6 Å². The Morgan fingerprint density at radius 3 is 2.68 bits per heavy atom. The van der Waals surface area contributed by atoms with Gasteiger partial charge in [-0.2, -0.15) is 0 Å². The molecule has 2 aromatic heterocycles. The molecule has 31 heavy (non-hydrogen) atoms. The number of benzene rings is 2. The molecule has 0 bridgehead atoms. The van der Waals surface area contributed by atoms with Crippen molar-refractivity contribution in [2.75, 3.05) is 5.32 Å². The minimum atomic E-state index is -0.614. The molecule has 0 saturated carbocycles. The summed E-state index contributed by atoms with van der Waals surface area (Å²) in [7, 11) is 0. The van der Waals surface area contributed by atoms with E-state index in [4.69, 9.17) is 11.6 Å². The number of carbonyl (C=O) groups excluding carboxylic acids is 1. The van der Waals surface area contributed by atoms with Crippen LogP contribution in [0.25, 0.3) is 15.9 Å². The van der Waals surface area contributed by atoms with Crippen LogP contribution in [0.1, 0.15) is 11.1 Å². The summed E-state index contributed by atoms with van der Waals surface area (Å²) in [6, 6.07) is 10.8. The third kappa shape index (κ3) is 3.80. The average molecular weight is 458 g/mol. The van der Waals surface area contributed by atoms with E-state index < -0.39 is 23.0 Å². The van der Waals surface area contributed by atoms with Crippen molar-refractivity contribution in [3.8, 4) is 5.69 Å². The van der Waals surface area contributed by atoms with Crippen LogP contribution in [0.15, 0.2) is 57.4 Å². The van der Waals surface area contributed by atoms with E-state index in [1.165, 1.54) is 28.0 Å². The third-order valence-electron chi connectivity index (χ3n) is 5.08. The number of nitrogens with one attached hydrogen (secondary N) is 1. The molecule has 6 nitrogen and oxygen atoms in total. The molecule has 0 fully saturated rings. The number of rotatable bonds is 4. The van der Waals surface area contributed by atoms with Crippen molar-refractivity contribution in [2.24, 2.45) is 0 Å². The number of hydrogen-bond donors (Lipinski definition) is 1. The van der Waals surface area contributed by atoms with Crippen molar-refractivity contribution in [3.63, 3.8) is 0 Å². The van der Waals surface area contributed by atoms with Gasteiger partial charge in [-0.1, -0.05) is 23.7 Å². The van der Waals surface area contributed by atoms with Gasteiger partial charge in [-0.3, -0.25) is 14.2 Å². The van der Waals surface area contributed by atoms with Crippen LogP contribution < -0.4 is 16.6 Å². The van der Waals surface area contributed by atoms with Gasteiger partial charge < -0.3 is 5.32 Å². The number of aryl methyl sites for hydroxylation is 1. The minimum absolute atomic E-state index is 0.126. The molecule has 0 radical (unpaired) electrons. The number of aromatic nitrogens is 2. The first kappa shape index (κ1) is 21.0. The van der Waals surface area contributed by atoms with E-state index in [9.17, 15) is 18.8 Å². The highest BCUT2D eigenvalue weighted by molar-refractivity contribution is 7.17. The van der Waals surface area contributed by atoms with E-state index in [-0.39, 0.29) is 11.6 Å². The van der Waals surface area contributed by atoms with E-state index in [1.54, 1.807) is 23.6 Å². The Kier molecular flexibility index (Phi) is 5.51.